The Bertz CT molecular complexity index is 1520. The van der Waals surface area contributed by atoms with Gasteiger partial charge < -0.3 is 14.2 Å². The molecule has 0 heterocycles. The van der Waals surface area contributed by atoms with Gasteiger partial charge >= 0.3 is 17.9 Å². The molecule has 0 spiro atoms. The number of carbonyl (C=O) groups excluding carboxylic acids is 3. The summed E-state index contributed by atoms with van der Waals surface area (Å²) in [5.74, 6) is -0.932. The predicted octanol–water partition coefficient (Wildman–Crippen LogP) is 21.4. The van der Waals surface area contributed by atoms with Crippen molar-refractivity contribution in [1.29, 1.82) is 0 Å². The van der Waals surface area contributed by atoms with Crippen LogP contribution in [0.25, 0.3) is 0 Å². The zero-order valence-electron chi connectivity index (χ0n) is 49.0. The zero-order valence-corrected chi connectivity index (χ0v) is 49.0. The first-order chi connectivity index (χ1) is 37.0. The first kappa shape index (κ1) is 71.1. The molecule has 0 aromatic rings. The molecule has 0 N–H and O–H groups in total. The average molecular weight is 1040 g/mol. The SMILES string of the molecule is CC/C=C\C/C=C\C/C=C\C/C=C\C/C=C\C/C=C\CCCCCCC(=O)OCC(COC(=O)CCCCCCC/C=C\C/C=C\CCCCCC)OC(=O)CCCCCCCCC/C=C\CCCCCCCCC. The molecule has 0 bridgehead atoms. The predicted molar refractivity (Wildman–Crippen MR) is 325 cm³/mol. The smallest absolute Gasteiger partial charge is 0.306 e. The van der Waals surface area contributed by atoms with E-state index >= 15 is 0 Å². The Morgan fingerprint density at radius 2 is 0.520 bits per heavy atom. The van der Waals surface area contributed by atoms with E-state index in [2.05, 4.69) is 130 Å². The van der Waals surface area contributed by atoms with E-state index in [-0.39, 0.29) is 31.1 Å². The van der Waals surface area contributed by atoms with Crippen molar-refractivity contribution in [2.24, 2.45) is 0 Å². The molecule has 6 nitrogen and oxygen atoms in total. The van der Waals surface area contributed by atoms with Gasteiger partial charge in [-0.2, -0.15) is 0 Å². The minimum atomic E-state index is -0.800. The summed E-state index contributed by atoms with van der Waals surface area (Å²) >= 11 is 0. The van der Waals surface area contributed by atoms with Crippen molar-refractivity contribution in [3.05, 3.63) is 109 Å². The fourth-order valence-corrected chi connectivity index (χ4v) is 8.53. The molecule has 0 amide bonds. The van der Waals surface area contributed by atoms with Crippen molar-refractivity contribution in [1.82, 2.24) is 0 Å². The van der Waals surface area contributed by atoms with Crippen molar-refractivity contribution >= 4 is 17.9 Å². The lowest BCUT2D eigenvalue weighted by Gasteiger charge is -2.18. The summed E-state index contributed by atoms with van der Waals surface area (Å²) in [6.45, 7) is 6.49. The van der Waals surface area contributed by atoms with Gasteiger partial charge in [0.2, 0.25) is 0 Å². The number of rotatable bonds is 56. The van der Waals surface area contributed by atoms with Crippen molar-refractivity contribution in [3.63, 3.8) is 0 Å². The number of hydrogen-bond acceptors (Lipinski definition) is 6. The maximum atomic E-state index is 12.9. The Morgan fingerprint density at radius 1 is 0.280 bits per heavy atom. The van der Waals surface area contributed by atoms with E-state index in [4.69, 9.17) is 14.2 Å². The fraction of sp³-hybridized carbons (Fsp3) is 0.696. The normalized spacial score (nSPS) is 12.8. The standard InChI is InChI=1S/C69H116O6/c1-4-7-10-13-16-19-22-25-28-31-33-34-35-36-37-39-41-44-47-50-53-56-59-62-68(71)74-65-66(64-73-67(70)61-58-55-52-49-46-43-40-30-27-24-21-18-15-12-9-6-3)75-69(72)63-60-57-54-51-48-45-42-38-32-29-26-23-20-17-14-11-8-5-2/h7,10,16,19,21,24-25,28-30,32-34,36-37,40-41,44,66H,4-6,8-9,11-15,17-18,20,22-23,26-27,31,35,38-39,42-43,45-65H2,1-3H3/b10-7-,19-16-,24-21-,28-25-,32-29-,34-33-,37-36-,40-30-,44-41-. The molecule has 0 aliphatic heterocycles. The summed E-state index contributed by atoms with van der Waals surface area (Å²) in [5.41, 5.74) is 0. The van der Waals surface area contributed by atoms with E-state index in [0.29, 0.717) is 19.3 Å². The maximum Gasteiger partial charge on any atom is 0.306 e. The highest BCUT2D eigenvalue weighted by Gasteiger charge is 2.19. The molecule has 0 aromatic heterocycles. The summed E-state index contributed by atoms with van der Waals surface area (Å²) in [7, 11) is 0. The van der Waals surface area contributed by atoms with E-state index in [1.807, 2.05) is 0 Å². The molecule has 75 heavy (non-hydrogen) atoms. The van der Waals surface area contributed by atoms with Gasteiger partial charge in [0, 0.05) is 19.3 Å². The molecule has 0 rings (SSSR count). The highest BCUT2D eigenvalue weighted by Crippen LogP contribution is 2.15. The number of ether oxygens (including phenoxy) is 3. The number of carbonyl (C=O) groups is 3. The third-order valence-electron chi connectivity index (χ3n) is 13.2. The molecule has 0 saturated heterocycles. The summed E-state index contributed by atoms with van der Waals surface area (Å²) < 4.78 is 16.9. The van der Waals surface area contributed by atoms with Crippen LogP contribution in [0.3, 0.4) is 0 Å². The second-order valence-electron chi connectivity index (χ2n) is 20.6. The lowest BCUT2D eigenvalue weighted by molar-refractivity contribution is -0.167. The summed E-state index contributed by atoms with van der Waals surface area (Å²) in [6.07, 6.45) is 85.1. The highest BCUT2D eigenvalue weighted by atomic mass is 16.6. The second kappa shape index (κ2) is 62.6. The quantitative estimate of drug-likeness (QED) is 0.0261. The summed E-state index contributed by atoms with van der Waals surface area (Å²) in [6, 6.07) is 0. The van der Waals surface area contributed by atoms with E-state index in [1.165, 1.54) is 116 Å². The lowest BCUT2D eigenvalue weighted by Crippen LogP contribution is -2.30. The van der Waals surface area contributed by atoms with E-state index in [9.17, 15) is 14.4 Å². The minimum absolute atomic E-state index is 0.0961. The Balaban J connectivity index is 4.46. The van der Waals surface area contributed by atoms with Crippen molar-refractivity contribution < 1.29 is 28.6 Å². The maximum absolute atomic E-state index is 12.9. The van der Waals surface area contributed by atoms with Crippen molar-refractivity contribution in [2.75, 3.05) is 13.2 Å². The molecule has 0 aromatic carbocycles. The molecule has 6 heteroatoms. The Kier molecular flexibility index (Phi) is 59.3. The summed E-state index contributed by atoms with van der Waals surface area (Å²) in [4.78, 5) is 38.3. The largest absolute Gasteiger partial charge is 0.462 e. The van der Waals surface area contributed by atoms with Gasteiger partial charge in [0.05, 0.1) is 0 Å². The first-order valence-corrected chi connectivity index (χ1v) is 31.4. The van der Waals surface area contributed by atoms with E-state index in [0.717, 1.165) is 135 Å². The van der Waals surface area contributed by atoms with Gasteiger partial charge in [-0.3, -0.25) is 14.4 Å². The molecule has 1 unspecified atom stereocenters. The van der Waals surface area contributed by atoms with Gasteiger partial charge in [0.25, 0.3) is 0 Å². The van der Waals surface area contributed by atoms with Crippen LogP contribution >= 0.6 is 0 Å². The number of hydrogen-bond donors (Lipinski definition) is 0. The molecule has 1 atom stereocenters. The van der Waals surface area contributed by atoms with Crippen LogP contribution < -0.4 is 0 Å². The molecule has 428 valence electrons. The van der Waals surface area contributed by atoms with Crippen LogP contribution in [0.4, 0.5) is 0 Å². The minimum Gasteiger partial charge on any atom is -0.462 e. The second-order valence-corrected chi connectivity index (χ2v) is 20.6. The number of unbranched alkanes of at least 4 members (excludes halogenated alkanes) is 27. The third-order valence-corrected chi connectivity index (χ3v) is 13.2. The lowest BCUT2D eigenvalue weighted by atomic mass is 10.1. The van der Waals surface area contributed by atoms with Crippen molar-refractivity contribution in [2.45, 2.75) is 297 Å². The molecule has 0 radical (unpaired) electrons. The Hall–Kier alpha value is -3.93. The van der Waals surface area contributed by atoms with Gasteiger partial charge in [-0.15, -0.1) is 0 Å². The van der Waals surface area contributed by atoms with Crippen LogP contribution in [0.15, 0.2) is 109 Å². The number of allylic oxidation sites excluding steroid dienone is 18. The number of esters is 3. The van der Waals surface area contributed by atoms with Gasteiger partial charge in [-0.05, 0) is 128 Å². The Labute approximate surface area is 463 Å². The van der Waals surface area contributed by atoms with Crippen LogP contribution in [-0.4, -0.2) is 37.2 Å². The van der Waals surface area contributed by atoms with Gasteiger partial charge in [-0.1, -0.05) is 252 Å². The van der Waals surface area contributed by atoms with Crippen LogP contribution in [-0.2, 0) is 28.6 Å². The average Bonchev–Trinajstić information content (AvgIpc) is 3.41. The molecule has 0 fully saturated rings. The van der Waals surface area contributed by atoms with Gasteiger partial charge in [0.1, 0.15) is 13.2 Å². The van der Waals surface area contributed by atoms with Crippen LogP contribution in [0.1, 0.15) is 290 Å². The third kappa shape index (κ3) is 60.8. The first-order valence-electron chi connectivity index (χ1n) is 31.4. The molecular weight excluding hydrogens is 925 g/mol. The summed E-state index contributed by atoms with van der Waals surface area (Å²) in [5, 5.41) is 0. The van der Waals surface area contributed by atoms with E-state index in [1.54, 1.807) is 0 Å². The fourth-order valence-electron chi connectivity index (χ4n) is 8.53. The van der Waals surface area contributed by atoms with Crippen LogP contribution in [0, 0.1) is 0 Å². The molecular formula is C69H116O6. The zero-order chi connectivity index (χ0) is 54.3. The highest BCUT2D eigenvalue weighted by molar-refractivity contribution is 5.71. The molecule has 0 saturated carbocycles. The monoisotopic (exact) mass is 1040 g/mol. The molecule has 0 aliphatic rings. The van der Waals surface area contributed by atoms with E-state index < -0.39 is 6.10 Å². The topological polar surface area (TPSA) is 78.9 Å². The van der Waals surface area contributed by atoms with Crippen LogP contribution in [0.5, 0.6) is 0 Å². The Morgan fingerprint density at radius 3 is 0.840 bits per heavy atom. The van der Waals surface area contributed by atoms with Crippen LogP contribution in [0.2, 0.25) is 0 Å². The molecule has 0 aliphatic carbocycles. The van der Waals surface area contributed by atoms with Gasteiger partial charge in [-0.25, -0.2) is 0 Å². The van der Waals surface area contributed by atoms with Crippen molar-refractivity contribution in [3.8, 4) is 0 Å². The van der Waals surface area contributed by atoms with Gasteiger partial charge in [0.15, 0.2) is 6.10 Å².